The number of aliphatic hydroxyl groups is 1. The first-order valence-corrected chi connectivity index (χ1v) is 10.8. The van der Waals surface area contributed by atoms with Gasteiger partial charge in [0.2, 0.25) is 0 Å². The Labute approximate surface area is 184 Å². The van der Waals surface area contributed by atoms with Gasteiger partial charge in [0.15, 0.2) is 5.11 Å². The van der Waals surface area contributed by atoms with Gasteiger partial charge in [0.1, 0.15) is 0 Å². The van der Waals surface area contributed by atoms with Gasteiger partial charge in [-0.2, -0.15) is 0 Å². The monoisotopic (exact) mass is 470 g/mol. The molecule has 0 saturated carbocycles. The second-order valence-corrected chi connectivity index (χ2v) is 8.40. The normalized spacial score (nSPS) is 18.9. The Morgan fingerprint density at radius 3 is 2.62 bits per heavy atom. The van der Waals surface area contributed by atoms with Gasteiger partial charge in [0, 0.05) is 28.6 Å². The summed E-state index contributed by atoms with van der Waals surface area (Å²) in [5.74, 6) is 0. The largest absolute Gasteiger partial charge is 0.395 e. The molecule has 0 radical (unpaired) electrons. The Balaban J connectivity index is 1.85. The summed E-state index contributed by atoms with van der Waals surface area (Å²) in [6.45, 7) is 4.76. The molecule has 29 heavy (non-hydrogen) atoms. The number of nitrogens with one attached hydrogen (secondary N) is 1. The van der Waals surface area contributed by atoms with Crippen LogP contribution in [0, 0.1) is 13.8 Å². The zero-order valence-electron chi connectivity index (χ0n) is 16.3. The summed E-state index contributed by atoms with van der Waals surface area (Å²) in [5, 5.41) is 13.7. The van der Waals surface area contributed by atoms with Gasteiger partial charge in [-0.1, -0.05) is 18.2 Å². The third-order valence-corrected chi connectivity index (χ3v) is 6.44. The second-order valence-electron chi connectivity index (χ2n) is 7.16. The highest BCUT2D eigenvalue weighted by Gasteiger charge is 2.41. The summed E-state index contributed by atoms with van der Waals surface area (Å²) in [6, 6.07) is 16.2. The molecule has 5 nitrogen and oxygen atoms in total. The number of rotatable bonds is 5. The van der Waals surface area contributed by atoms with Crippen molar-refractivity contribution in [1.29, 1.82) is 0 Å². The van der Waals surface area contributed by atoms with Crippen molar-refractivity contribution in [3.05, 3.63) is 81.8 Å². The van der Waals surface area contributed by atoms with Crippen LogP contribution in [0.3, 0.4) is 0 Å². The molecular weight excluding hydrogens is 448 g/mol. The lowest BCUT2D eigenvalue weighted by molar-refractivity contribution is 0.223. The van der Waals surface area contributed by atoms with E-state index in [4.69, 9.17) is 12.2 Å². The van der Waals surface area contributed by atoms with E-state index in [9.17, 15) is 5.11 Å². The highest BCUT2D eigenvalue weighted by molar-refractivity contribution is 9.10. The molecule has 2 atom stereocenters. The van der Waals surface area contributed by atoms with Crippen LogP contribution in [0.25, 0.3) is 5.69 Å². The summed E-state index contributed by atoms with van der Waals surface area (Å²) in [4.78, 5) is 6.64. The molecule has 150 valence electrons. The first kappa shape index (κ1) is 20.1. The summed E-state index contributed by atoms with van der Waals surface area (Å²) < 4.78 is 3.30. The van der Waals surface area contributed by atoms with Crippen LogP contribution in [0.5, 0.6) is 0 Å². The Morgan fingerprint density at radius 2 is 1.93 bits per heavy atom. The first-order chi connectivity index (χ1) is 14.0. The average Bonchev–Trinajstić information content (AvgIpc) is 3.19. The number of hydrogen-bond donors (Lipinski definition) is 2. The predicted molar refractivity (Wildman–Crippen MR) is 122 cm³/mol. The third-order valence-electron chi connectivity index (χ3n) is 5.42. The van der Waals surface area contributed by atoms with Gasteiger partial charge in [0.25, 0.3) is 0 Å². The topological polar surface area (TPSA) is 53.3 Å². The van der Waals surface area contributed by atoms with Crippen LogP contribution in [0.15, 0.2) is 59.2 Å². The first-order valence-electron chi connectivity index (χ1n) is 9.55. The molecule has 1 fully saturated rings. The van der Waals surface area contributed by atoms with Gasteiger partial charge in [-0.15, -0.1) is 0 Å². The fraction of sp³-hybridized carbons (Fsp3) is 0.273. The Kier molecular flexibility index (Phi) is 5.72. The van der Waals surface area contributed by atoms with Crippen molar-refractivity contribution >= 4 is 33.3 Å². The minimum atomic E-state index is -0.0802. The number of nitrogens with zero attached hydrogens (tertiary/aromatic N) is 3. The molecule has 7 heteroatoms. The quantitative estimate of drug-likeness (QED) is 0.546. The van der Waals surface area contributed by atoms with Crippen LogP contribution in [0.2, 0.25) is 0 Å². The summed E-state index contributed by atoms with van der Waals surface area (Å²) >= 11 is 9.30. The molecular formula is C22H23BrN4OS. The van der Waals surface area contributed by atoms with Gasteiger partial charge >= 0.3 is 0 Å². The lowest BCUT2D eigenvalue weighted by Crippen LogP contribution is -2.32. The van der Waals surface area contributed by atoms with Gasteiger partial charge in [-0.3, -0.25) is 4.98 Å². The van der Waals surface area contributed by atoms with Crippen molar-refractivity contribution in [1.82, 2.24) is 19.8 Å². The molecule has 0 bridgehead atoms. The second kappa shape index (κ2) is 8.26. The van der Waals surface area contributed by atoms with Crippen LogP contribution >= 0.6 is 28.1 Å². The number of halogens is 1. The van der Waals surface area contributed by atoms with Crippen LogP contribution in [-0.2, 0) is 0 Å². The number of hydrogen-bond acceptors (Lipinski definition) is 3. The number of aromatic nitrogens is 2. The lowest BCUT2D eigenvalue weighted by Gasteiger charge is -2.27. The molecule has 4 rings (SSSR count). The van der Waals surface area contributed by atoms with Crippen molar-refractivity contribution in [3.8, 4) is 5.69 Å². The molecule has 3 aromatic rings. The number of para-hydroxylation sites is 1. The van der Waals surface area contributed by atoms with Crippen molar-refractivity contribution < 1.29 is 5.11 Å². The lowest BCUT2D eigenvalue weighted by atomic mass is 9.97. The van der Waals surface area contributed by atoms with Gasteiger partial charge in [-0.05, 0) is 77.9 Å². The van der Waals surface area contributed by atoms with E-state index in [-0.39, 0.29) is 18.7 Å². The zero-order chi connectivity index (χ0) is 20.5. The van der Waals surface area contributed by atoms with Crippen molar-refractivity contribution in [2.24, 2.45) is 0 Å². The van der Waals surface area contributed by atoms with Gasteiger partial charge < -0.3 is 19.9 Å². The van der Waals surface area contributed by atoms with Crippen LogP contribution in [-0.4, -0.2) is 37.8 Å². The van der Waals surface area contributed by atoms with Crippen LogP contribution < -0.4 is 5.32 Å². The highest BCUT2D eigenvalue weighted by atomic mass is 79.9. The predicted octanol–water partition coefficient (Wildman–Crippen LogP) is 4.22. The van der Waals surface area contributed by atoms with E-state index in [2.05, 4.69) is 67.7 Å². The minimum Gasteiger partial charge on any atom is -0.395 e. The van der Waals surface area contributed by atoms with E-state index < -0.39 is 0 Å². The Hall–Kier alpha value is -2.22. The number of β-amino-alcohol motifs (C(OH)–C–C–N with tert-alkyl or cyclic N) is 1. The van der Waals surface area contributed by atoms with Gasteiger partial charge in [0.05, 0.1) is 30.1 Å². The number of aryl methyl sites for hydroxylation is 1. The molecule has 1 aromatic carbocycles. The molecule has 2 aromatic heterocycles. The maximum absolute atomic E-state index is 9.65. The zero-order valence-corrected chi connectivity index (χ0v) is 18.7. The molecule has 0 spiro atoms. The maximum Gasteiger partial charge on any atom is 0.170 e. The number of aliphatic hydroxyl groups excluding tert-OH is 1. The average molecular weight is 471 g/mol. The van der Waals surface area contributed by atoms with E-state index in [1.165, 1.54) is 5.56 Å². The number of pyridine rings is 1. The van der Waals surface area contributed by atoms with Crippen molar-refractivity contribution in [2.45, 2.75) is 25.9 Å². The van der Waals surface area contributed by atoms with Crippen molar-refractivity contribution in [3.63, 3.8) is 0 Å². The maximum atomic E-state index is 9.65. The summed E-state index contributed by atoms with van der Waals surface area (Å²) in [5.41, 5.74) is 5.51. The molecule has 1 aliphatic heterocycles. The third kappa shape index (κ3) is 3.58. The van der Waals surface area contributed by atoms with Crippen LogP contribution in [0.4, 0.5) is 0 Å². The molecule has 2 N–H and O–H groups in total. The fourth-order valence-electron chi connectivity index (χ4n) is 4.18. The minimum absolute atomic E-state index is 0.0379. The molecule has 3 heterocycles. The van der Waals surface area contributed by atoms with E-state index >= 15 is 0 Å². The molecule has 0 aliphatic carbocycles. The van der Waals surface area contributed by atoms with E-state index in [0.717, 1.165) is 27.2 Å². The van der Waals surface area contributed by atoms with Crippen molar-refractivity contribution in [2.75, 3.05) is 13.2 Å². The Morgan fingerprint density at radius 1 is 1.17 bits per heavy atom. The van der Waals surface area contributed by atoms with E-state index in [1.807, 2.05) is 30.3 Å². The van der Waals surface area contributed by atoms with E-state index in [1.54, 1.807) is 6.20 Å². The smallest absolute Gasteiger partial charge is 0.170 e. The summed E-state index contributed by atoms with van der Waals surface area (Å²) in [7, 11) is 0. The molecule has 1 aliphatic rings. The molecule has 1 saturated heterocycles. The van der Waals surface area contributed by atoms with E-state index in [0.29, 0.717) is 11.7 Å². The summed E-state index contributed by atoms with van der Waals surface area (Å²) in [6.07, 6.45) is 1.80. The standard InChI is InChI=1S/C22H23BrN4OS/c1-14-13-16(15(2)27(14)19-9-4-3-7-17(19)23)21-20(18-8-5-6-10-24-18)25-22(29)26(21)11-12-28/h3-10,13,20-21,28H,11-12H2,1-2H3,(H,25,29)/t20-,21+/m0/s1. The number of thiocarbonyl (C=S) groups is 1. The van der Waals surface area contributed by atoms with Gasteiger partial charge in [-0.25, -0.2) is 0 Å². The molecule has 0 amide bonds. The van der Waals surface area contributed by atoms with Crippen LogP contribution in [0.1, 0.15) is 34.7 Å². The Bertz CT molecular complexity index is 1040. The number of benzene rings is 1. The SMILES string of the molecule is Cc1cc([C@@H]2[C@H](c3ccccn3)NC(=S)N2CCO)c(C)n1-c1ccccc1Br. The molecule has 0 unspecified atom stereocenters. The fourth-order valence-corrected chi connectivity index (χ4v) is 4.98. The highest BCUT2D eigenvalue weighted by Crippen LogP contribution is 2.41.